The van der Waals surface area contributed by atoms with Gasteiger partial charge in [0, 0.05) is 42.2 Å². The summed E-state index contributed by atoms with van der Waals surface area (Å²) < 4.78 is 44.8. The van der Waals surface area contributed by atoms with Crippen LogP contribution >= 0.6 is 0 Å². The third-order valence-electron chi connectivity index (χ3n) is 5.79. The zero-order valence-corrected chi connectivity index (χ0v) is 21.3. The van der Waals surface area contributed by atoms with Gasteiger partial charge in [-0.15, -0.1) is 0 Å². The fourth-order valence-electron chi connectivity index (χ4n) is 3.99. The number of hydrogen-bond acceptors (Lipinski definition) is 8. The molecule has 12 heteroatoms. The molecule has 10 nitrogen and oxygen atoms in total. The molecule has 1 aliphatic rings. The molecule has 3 aromatic rings. The molecule has 2 aromatic carbocycles. The van der Waals surface area contributed by atoms with E-state index in [-0.39, 0.29) is 35.3 Å². The monoisotopic (exact) mass is 529 g/mol. The van der Waals surface area contributed by atoms with Gasteiger partial charge in [0.25, 0.3) is 0 Å². The van der Waals surface area contributed by atoms with Crippen LogP contribution in [0, 0.1) is 5.82 Å². The lowest BCUT2D eigenvalue weighted by atomic mass is 10.1. The Labute approximate surface area is 214 Å². The average Bonchev–Trinajstić information content (AvgIpc) is 2.87. The van der Waals surface area contributed by atoms with Crippen LogP contribution in [0.4, 0.5) is 20.7 Å². The Morgan fingerprint density at radius 1 is 1.19 bits per heavy atom. The minimum absolute atomic E-state index is 0.00949. The number of nitrogens with zero attached hydrogens (tertiary/aromatic N) is 3. The molecule has 3 N–H and O–H groups in total. The molecule has 0 radical (unpaired) electrons. The van der Waals surface area contributed by atoms with Gasteiger partial charge >= 0.3 is 6.03 Å². The van der Waals surface area contributed by atoms with Gasteiger partial charge in [-0.3, -0.25) is 0 Å². The number of hydrogen-bond donors (Lipinski definition) is 3. The van der Waals surface area contributed by atoms with Gasteiger partial charge in [0.2, 0.25) is 0 Å². The van der Waals surface area contributed by atoms with Crippen molar-refractivity contribution in [2.75, 3.05) is 49.4 Å². The quantitative estimate of drug-likeness (QED) is 0.398. The molecular formula is C25H28FN5O5S. The number of ether oxygens (including phenoxy) is 1. The van der Waals surface area contributed by atoms with Crippen molar-refractivity contribution >= 4 is 27.4 Å². The van der Waals surface area contributed by atoms with E-state index in [1.54, 1.807) is 30.3 Å². The highest BCUT2D eigenvalue weighted by molar-refractivity contribution is 7.90. The predicted molar refractivity (Wildman–Crippen MR) is 138 cm³/mol. The fraction of sp³-hybridized carbons (Fsp3) is 0.320. The van der Waals surface area contributed by atoms with Crippen molar-refractivity contribution in [2.24, 2.45) is 0 Å². The maximum Gasteiger partial charge on any atom is 0.319 e. The van der Waals surface area contributed by atoms with E-state index >= 15 is 0 Å². The van der Waals surface area contributed by atoms with E-state index in [9.17, 15) is 17.6 Å². The smallest absolute Gasteiger partial charge is 0.319 e. The number of aliphatic hydroxyl groups is 1. The molecule has 2 amide bonds. The summed E-state index contributed by atoms with van der Waals surface area (Å²) in [6.45, 7) is 3.53. The lowest BCUT2D eigenvalue weighted by Crippen LogP contribution is -2.44. The Bertz CT molecular complexity index is 1380. The highest BCUT2D eigenvalue weighted by atomic mass is 32.2. The summed E-state index contributed by atoms with van der Waals surface area (Å²) in [5.41, 5.74) is 1.54. The summed E-state index contributed by atoms with van der Waals surface area (Å²) in [5.74, 6) is 0.287. The number of nitrogens with one attached hydrogen (secondary N) is 2. The second-order valence-electron chi connectivity index (χ2n) is 8.65. The molecule has 0 bridgehead atoms. The number of anilines is 2. The van der Waals surface area contributed by atoms with E-state index in [4.69, 9.17) is 14.8 Å². The molecule has 1 aliphatic heterocycles. The van der Waals surface area contributed by atoms with Gasteiger partial charge in [0.05, 0.1) is 36.5 Å². The number of morpholine rings is 1. The van der Waals surface area contributed by atoms with Crippen molar-refractivity contribution in [1.82, 2.24) is 15.3 Å². The number of amides is 2. The average molecular weight is 530 g/mol. The second kappa shape index (κ2) is 11.2. The number of sulfone groups is 1. The Hall–Kier alpha value is -3.61. The van der Waals surface area contributed by atoms with Crippen LogP contribution < -0.4 is 15.5 Å². The van der Waals surface area contributed by atoms with Gasteiger partial charge < -0.3 is 25.4 Å². The van der Waals surface area contributed by atoms with E-state index in [1.807, 2.05) is 11.8 Å². The highest BCUT2D eigenvalue weighted by Gasteiger charge is 2.24. The molecule has 0 saturated carbocycles. The van der Waals surface area contributed by atoms with E-state index in [0.717, 1.165) is 18.4 Å². The van der Waals surface area contributed by atoms with E-state index in [2.05, 4.69) is 15.6 Å². The maximum absolute atomic E-state index is 14.3. The summed E-state index contributed by atoms with van der Waals surface area (Å²) in [7, 11) is -3.67. The predicted octanol–water partition coefficient (Wildman–Crippen LogP) is 2.69. The van der Waals surface area contributed by atoms with Crippen molar-refractivity contribution in [3.8, 4) is 22.6 Å². The number of halogens is 1. The van der Waals surface area contributed by atoms with Gasteiger partial charge in [0.1, 0.15) is 11.6 Å². The summed E-state index contributed by atoms with van der Waals surface area (Å²) in [6.07, 6.45) is 1.07. The summed E-state index contributed by atoms with van der Waals surface area (Å²) in [4.78, 5) is 23.2. The first-order valence-corrected chi connectivity index (χ1v) is 13.5. The van der Waals surface area contributed by atoms with Crippen molar-refractivity contribution in [3.05, 3.63) is 54.3 Å². The number of urea groups is 1. The summed E-state index contributed by atoms with van der Waals surface area (Å²) >= 11 is 0. The zero-order chi connectivity index (χ0) is 26.6. The number of carbonyl (C=O) groups is 1. The zero-order valence-electron chi connectivity index (χ0n) is 20.4. The number of rotatable bonds is 7. The molecule has 196 valence electrons. The van der Waals surface area contributed by atoms with E-state index < -0.39 is 21.7 Å². The van der Waals surface area contributed by atoms with E-state index in [1.165, 1.54) is 6.07 Å². The van der Waals surface area contributed by atoms with E-state index in [0.29, 0.717) is 42.7 Å². The van der Waals surface area contributed by atoms with Crippen molar-refractivity contribution in [1.29, 1.82) is 0 Å². The Morgan fingerprint density at radius 3 is 2.62 bits per heavy atom. The standard InChI is InChI=1S/C25H28FN5O5S/c1-16-15-36-12-10-31(16)23-14-21(20-13-18(26)5-8-22(20)37(2,34)35)29-24(30-23)17-3-6-19(7-4-17)28-25(33)27-9-11-32/h3-8,13-14,16,32H,9-12,15H2,1-2H3,(H2,27,28,33)/t16-/m0/s1. The molecule has 37 heavy (non-hydrogen) atoms. The second-order valence-corrected chi connectivity index (χ2v) is 10.6. The van der Waals surface area contributed by atoms with Crippen LogP contribution in [0.1, 0.15) is 6.92 Å². The van der Waals surface area contributed by atoms with Crippen LogP contribution in [0.15, 0.2) is 53.4 Å². The number of aliphatic hydroxyl groups excluding tert-OH is 1. The van der Waals surface area contributed by atoms with Crippen LogP contribution in [0.2, 0.25) is 0 Å². The summed E-state index contributed by atoms with van der Waals surface area (Å²) in [6, 6.07) is 11.5. The fourth-order valence-corrected chi connectivity index (χ4v) is 4.87. The maximum atomic E-state index is 14.3. The molecular weight excluding hydrogens is 501 g/mol. The van der Waals surface area contributed by atoms with Crippen molar-refractivity contribution in [2.45, 2.75) is 17.9 Å². The first kappa shape index (κ1) is 26.5. The molecule has 0 spiro atoms. The van der Waals surface area contributed by atoms with Crippen LogP contribution in [-0.2, 0) is 14.6 Å². The molecule has 1 atom stereocenters. The van der Waals surface area contributed by atoms with Crippen LogP contribution in [-0.4, -0.2) is 74.7 Å². The molecule has 0 unspecified atom stereocenters. The van der Waals surface area contributed by atoms with Crippen molar-refractivity contribution < 1.29 is 27.4 Å². The Balaban J connectivity index is 1.78. The van der Waals surface area contributed by atoms with Crippen LogP contribution in [0.3, 0.4) is 0 Å². The third kappa shape index (κ3) is 6.40. The Morgan fingerprint density at radius 2 is 1.95 bits per heavy atom. The normalized spacial score (nSPS) is 15.9. The first-order chi connectivity index (χ1) is 17.7. The van der Waals surface area contributed by atoms with Gasteiger partial charge in [-0.1, -0.05) is 0 Å². The molecule has 4 rings (SSSR count). The SMILES string of the molecule is C[C@H]1COCCN1c1cc(-c2cc(F)ccc2S(C)(=O)=O)nc(-c2ccc(NC(=O)NCCO)cc2)n1. The molecule has 1 aromatic heterocycles. The van der Waals surface area contributed by atoms with Gasteiger partial charge in [-0.2, -0.15) is 0 Å². The van der Waals surface area contributed by atoms with Crippen LogP contribution in [0.25, 0.3) is 22.6 Å². The van der Waals surface area contributed by atoms with Gasteiger partial charge in [0.15, 0.2) is 15.7 Å². The summed E-state index contributed by atoms with van der Waals surface area (Å²) in [5, 5.41) is 14.0. The van der Waals surface area contributed by atoms with Gasteiger partial charge in [-0.05, 0) is 49.4 Å². The highest BCUT2D eigenvalue weighted by Crippen LogP contribution is 2.32. The first-order valence-electron chi connectivity index (χ1n) is 11.7. The number of benzene rings is 2. The Kier molecular flexibility index (Phi) is 8.00. The molecule has 0 aliphatic carbocycles. The largest absolute Gasteiger partial charge is 0.395 e. The van der Waals surface area contributed by atoms with Gasteiger partial charge in [-0.25, -0.2) is 27.6 Å². The topological polar surface area (TPSA) is 134 Å². The number of carbonyl (C=O) groups excluding carboxylic acids is 1. The lowest BCUT2D eigenvalue weighted by Gasteiger charge is -2.34. The van der Waals surface area contributed by atoms with Crippen LogP contribution in [0.5, 0.6) is 0 Å². The minimum Gasteiger partial charge on any atom is -0.395 e. The van der Waals surface area contributed by atoms with Crippen molar-refractivity contribution in [3.63, 3.8) is 0 Å². The lowest BCUT2D eigenvalue weighted by molar-refractivity contribution is 0.0985. The number of aromatic nitrogens is 2. The third-order valence-corrected chi connectivity index (χ3v) is 6.94. The molecule has 2 heterocycles. The molecule has 1 saturated heterocycles. The minimum atomic E-state index is -3.67. The molecule has 1 fully saturated rings.